The number of carbonyl (C=O) groups is 2. The molecule has 2 aromatic carbocycles. The van der Waals surface area contributed by atoms with Crippen LogP contribution in [0.4, 0.5) is 5.69 Å². The second-order valence-corrected chi connectivity index (χ2v) is 13.8. The molecular formula is C33H36BrNO4. The first-order valence-corrected chi connectivity index (χ1v) is 15.4. The topological polar surface area (TPSA) is 55.8 Å². The molecule has 2 aromatic rings. The molecule has 5 nitrogen and oxygen atoms in total. The van der Waals surface area contributed by atoms with Gasteiger partial charge < -0.3 is 14.4 Å². The van der Waals surface area contributed by atoms with Gasteiger partial charge in [0.05, 0.1) is 0 Å². The van der Waals surface area contributed by atoms with E-state index in [0.717, 1.165) is 55.2 Å². The van der Waals surface area contributed by atoms with Crippen LogP contribution in [-0.2, 0) is 24.5 Å². The summed E-state index contributed by atoms with van der Waals surface area (Å²) >= 11 is 3.61. The summed E-state index contributed by atoms with van der Waals surface area (Å²) in [6, 6.07) is 10.8. The van der Waals surface area contributed by atoms with E-state index in [1.165, 1.54) is 28.4 Å². The number of rotatable bonds is 4. The molecule has 5 fully saturated rings. The first-order chi connectivity index (χ1) is 18.7. The van der Waals surface area contributed by atoms with Crippen molar-refractivity contribution in [3.8, 4) is 0 Å². The maximum atomic E-state index is 13.4. The summed E-state index contributed by atoms with van der Waals surface area (Å²) in [5, 5.41) is 2.41. The zero-order valence-electron chi connectivity index (χ0n) is 23.0. The van der Waals surface area contributed by atoms with Gasteiger partial charge in [-0.25, -0.2) is 9.59 Å². The third-order valence-electron chi connectivity index (χ3n) is 10.2. The fourth-order valence-corrected chi connectivity index (χ4v) is 8.98. The highest BCUT2D eigenvalue weighted by atomic mass is 79.9. The Balaban J connectivity index is 1.25. The summed E-state index contributed by atoms with van der Waals surface area (Å²) in [6.07, 6.45) is 11.0. The zero-order valence-corrected chi connectivity index (χ0v) is 24.6. The van der Waals surface area contributed by atoms with Gasteiger partial charge >= 0.3 is 11.9 Å². The van der Waals surface area contributed by atoms with Gasteiger partial charge in [-0.05, 0) is 97.0 Å². The van der Waals surface area contributed by atoms with E-state index in [4.69, 9.17) is 9.47 Å². The molecule has 0 N–H and O–H groups in total. The molecule has 204 valence electrons. The smallest absolute Gasteiger partial charge is 0.348 e. The lowest BCUT2D eigenvalue weighted by Gasteiger charge is -2.59. The Labute approximate surface area is 238 Å². The van der Waals surface area contributed by atoms with Gasteiger partial charge in [0.15, 0.2) is 0 Å². The molecule has 1 saturated heterocycles. The van der Waals surface area contributed by atoms with Crippen molar-refractivity contribution in [1.29, 1.82) is 0 Å². The van der Waals surface area contributed by atoms with Gasteiger partial charge in [-0.3, -0.25) is 0 Å². The van der Waals surface area contributed by atoms with Gasteiger partial charge in [0.1, 0.15) is 5.57 Å². The van der Waals surface area contributed by atoms with Crippen molar-refractivity contribution in [2.24, 2.45) is 23.7 Å². The molecule has 6 aliphatic rings. The first-order valence-electron chi connectivity index (χ1n) is 14.6. The number of nitrogens with zero attached hydrogens (tertiary/aromatic N) is 1. The van der Waals surface area contributed by atoms with E-state index in [2.05, 4.69) is 71.9 Å². The van der Waals surface area contributed by atoms with Crippen molar-refractivity contribution >= 4 is 44.3 Å². The van der Waals surface area contributed by atoms with Gasteiger partial charge in [0, 0.05) is 39.7 Å². The predicted octanol–water partition coefficient (Wildman–Crippen LogP) is 7.56. The lowest BCUT2D eigenvalue weighted by atomic mass is 9.53. The molecule has 6 heteroatoms. The number of unbranched alkanes of at least 4 members (excludes halogenated alkanes) is 1. The minimum Gasteiger partial charge on any atom is -0.418 e. The number of ether oxygens (including phenoxy) is 2. The van der Waals surface area contributed by atoms with Crippen molar-refractivity contribution in [3.63, 3.8) is 0 Å². The molecule has 0 unspecified atom stereocenters. The van der Waals surface area contributed by atoms with E-state index in [0.29, 0.717) is 11.8 Å². The minimum absolute atomic E-state index is 0.00193. The number of halogens is 1. The number of hydrogen-bond acceptors (Lipinski definition) is 5. The summed E-state index contributed by atoms with van der Waals surface area (Å²) in [6.45, 7) is 7.52. The SMILES string of the molecule is CCCCN1/C(=C\C=C2C(=O)OC3(OC2=O)C2CC4CC(C2)CC3C4)C(C)(C)c2c1ccc1cc(Br)ccc21. The molecule has 0 atom stereocenters. The molecule has 1 spiro atoms. The number of allylic oxidation sites excluding steroid dienone is 3. The van der Waals surface area contributed by atoms with Crippen LogP contribution < -0.4 is 4.90 Å². The standard InChI is InChI=1S/C33H36BrNO4/c1-4-5-12-35-27-10-6-21-18-24(34)7-8-25(21)29(27)32(2,3)28(35)11-9-26-30(36)38-33(39-31(26)37)22-14-19-13-20(16-22)17-23(33)15-19/h6-11,18-20,22-23H,4-5,12-17H2,1-3H3/b26-9?,28-11-. The third kappa shape index (κ3) is 3.77. The van der Waals surface area contributed by atoms with E-state index in [9.17, 15) is 9.59 Å². The summed E-state index contributed by atoms with van der Waals surface area (Å²) in [7, 11) is 0. The van der Waals surface area contributed by atoms with Crippen LogP contribution in [-0.4, -0.2) is 24.3 Å². The Morgan fingerprint density at radius 2 is 1.62 bits per heavy atom. The quantitative estimate of drug-likeness (QED) is 0.209. The fraction of sp³-hybridized carbons (Fsp3) is 0.515. The molecule has 0 aromatic heterocycles. The Morgan fingerprint density at radius 1 is 0.949 bits per heavy atom. The highest BCUT2D eigenvalue weighted by Crippen LogP contribution is 2.61. The Morgan fingerprint density at radius 3 is 2.26 bits per heavy atom. The zero-order chi connectivity index (χ0) is 27.1. The monoisotopic (exact) mass is 589 g/mol. The largest absolute Gasteiger partial charge is 0.418 e. The summed E-state index contributed by atoms with van der Waals surface area (Å²) < 4.78 is 13.3. The molecule has 4 bridgehead atoms. The fourth-order valence-electron chi connectivity index (χ4n) is 8.60. The molecular weight excluding hydrogens is 554 g/mol. The molecule has 0 amide bonds. The minimum atomic E-state index is -1.05. The van der Waals surface area contributed by atoms with Crippen LogP contribution in [0, 0.1) is 23.7 Å². The number of carbonyl (C=O) groups excluding carboxylic acids is 2. The molecule has 2 heterocycles. The molecule has 39 heavy (non-hydrogen) atoms. The van der Waals surface area contributed by atoms with E-state index >= 15 is 0 Å². The maximum absolute atomic E-state index is 13.4. The van der Waals surface area contributed by atoms with Crippen LogP contribution >= 0.6 is 15.9 Å². The van der Waals surface area contributed by atoms with Gasteiger partial charge in [0.25, 0.3) is 5.79 Å². The van der Waals surface area contributed by atoms with E-state index in [1.807, 2.05) is 6.08 Å². The summed E-state index contributed by atoms with van der Waals surface area (Å²) in [5.41, 5.74) is 3.21. The number of hydrogen-bond donors (Lipinski definition) is 0. The Kier molecular flexibility index (Phi) is 5.83. The second-order valence-electron chi connectivity index (χ2n) is 12.9. The number of esters is 2. The van der Waals surface area contributed by atoms with Crippen molar-refractivity contribution in [1.82, 2.24) is 0 Å². The molecule has 0 radical (unpaired) electrons. The number of benzene rings is 2. The molecule has 4 aliphatic carbocycles. The second kappa shape index (κ2) is 8.95. The predicted molar refractivity (Wildman–Crippen MR) is 155 cm³/mol. The van der Waals surface area contributed by atoms with Crippen molar-refractivity contribution in [2.75, 3.05) is 11.4 Å². The van der Waals surface area contributed by atoms with Crippen LogP contribution in [0.15, 0.2) is 58.2 Å². The summed E-state index contributed by atoms with van der Waals surface area (Å²) in [4.78, 5) is 29.2. The Bertz CT molecular complexity index is 1400. The average molecular weight is 591 g/mol. The number of anilines is 1. The van der Waals surface area contributed by atoms with E-state index < -0.39 is 17.7 Å². The van der Waals surface area contributed by atoms with E-state index in [-0.39, 0.29) is 22.8 Å². The molecule has 2 aliphatic heterocycles. The van der Waals surface area contributed by atoms with Crippen LogP contribution in [0.3, 0.4) is 0 Å². The lowest BCUT2D eigenvalue weighted by Crippen LogP contribution is -2.63. The highest BCUT2D eigenvalue weighted by Gasteiger charge is 2.64. The van der Waals surface area contributed by atoms with Gasteiger partial charge in [-0.15, -0.1) is 0 Å². The average Bonchev–Trinajstić information content (AvgIpc) is 3.10. The maximum Gasteiger partial charge on any atom is 0.348 e. The highest BCUT2D eigenvalue weighted by molar-refractivity contribution is 9.10. The summed E-state index contributed by atoms with van der Waals surface area (Å²) in [5.74, 6) is -0.441. The normalized spacial score (nSPS) is 33.2. The van der Waals surface area contributed by atoms with Gasteiger partial charge in [0.2, 0.25) is 0 Å². The van der Waals surface area contributed by atoms with E-state index in [1.54, 1.807) is 6.08 Å². The van der Waals surface area contributed by atoms with Crippen molar-refractivity contribution in [2.45, 2.75) is 76.9 Å². The van der Waals surface area contributed by atoms with Crippen LogP contribution in [0.1, 0.15) is 71.3 Å². The number of fused-ring (bicyclic) bond motifs is 3. The van der Waals surface area contributed by atoms with Crippen LogP contribution in [0.5, 0.6) is 0 Å². The third-order valence-corrected chi connectivity index (χ3v) is 10.7. The molecule has 8 rings (SSSR count). The first kappa shape index (κ1) is 25.4. The van der Waals surface area contributed by atoms with Gasteiger partial charge in [-0.1, -0.05) is 55.3 Å². The van der Waals surface area contributed by atoms with Gasteiger partial charge in [-0.2, -0.15) is 0 Å². The lowest BCUT2D eigenvalue weighted by molar-refractivity contribution is -0.313. The van der Waals surface area contributed by atoms with Crippen LogP contribution in [0.25, 0.3) is 10.8 Å². The van der Waals surface area contributed by atoms with Crippen LogP contribution in [0.2, 0.25) is 0 Å². The Hall–Kier alpha value is -2.60. The van der Waals surface area contributed by atoms with Crippen molar-refractivity contribution < 1.29 is 19.1 Å². The van der Waals surface area contributed by atoms with Crippen molar-refractivity contribution in [3.05, 3.63) is 63.8 Å². The molecule has 4 saturated carbocycles.